The summed E-state index contributed by atoms with van der Waals surface area (Å²) in [4.78, 5) is 15.3. The molecule has 3 aromatic rings. The normalized spacial score (nSPS) is 10.7. The van der Waals surface area contributed by atoms with Crippen molar-refractivity contribution >= 4 is 27.5 Å². The van der Waals surface area contributed by atoms with Crippen molar-refractivity contribution in [3.05, 3.63) is 53.8 Å². The van der Waals surface area contributed by atoms with Crippen molar-refractivity contribution in [1.82, 2.24) is 4.98 Å². The Hall–Kier alpha value is -2.47. The summed E-state index contributed by atoms with van der Waals surface area (Å²) >= 11 is 1.27. The number of halogens is 1. The summed E-state index contributed by atoms with van der Waals surface area (Å²) in [6.45, 7) is 0. The number of para-hydroxylation sites is 1. The molecule has 0 amide bonds. The van der Waals surface area contributed by atoms with Gasteiger partial charge in [0.2, 0.25) is 0 Å². The fourth-order valence-corrected chi connectivity index (χ4v) is 2.57. The molecular weight excluding hydrogens is 281 g/mol. The molecule has 0 aliphatic heterocycles. The van der Waals surface area contributed by atoms with Crippen molar-refractivity contribution < 1.29 is 19.0 Å². The predicted molar refractivity (Wildman–Crippen MR) is 73.1 cm³/mol. The molecule has 4 nitrogen and oxygen atoms in total. The smallest absolute Gasteiger partial charge is 0.339 e. The van der Waals surface area contributed by atoms with E-state index in [-0.39, 0.29) is 16.5 Å². The summed E-state index contributed by atoms with van der Waals surface area (Å²) in [5, 5.41) is 9.33. The van der Waals surface area contributed by atoms with Gasteiger partial charge in [-0.25, -0.2) is 14.2 Å². The van der Waals surface area contributed by atoms with Crippen LogP contribution in [0.25, 0.3) is 10.2 Å². The van der Waals surface area contributed by atoms with Crippen molar-refractivity contribution in [2.45, 2.75) is 0 Å². The molecule has 0 aliphatic rings. The first-order valence-electron chi connectivity index (χ1n) is 5.70. The first kappa shape index (κ1) is 12.6. The number of hydrogen-bond donors (Lipinski definition) is 1. The van der Waals surface area contributed by atoms with Crippen LogP contribution in [-0.4, -0.2) is 16.1 Å². The van der Waals surface area contributed by atoms with E-state index in [1.54, 1.807) is 0 Å². The minimum Gasteiger partial charge on any atom is -0.478 e. The number of rotatable bonds is 3. The molecule has 3 rings (SSSR count). The standard InChI is InChI=1S/C14H8FNO3S/c15-8-5-6-9(13(17)18)11(7-8)19-14-16-10-3-1-2-4-12(10)20-14/h1-7H,(H,17,18). The number of fused-ring (bicyclic) bond motifs is 1. The first-order chi connectivity index (χ1) is 9.63. The summed E-state index contributed by atoms with van der Waals surface area (Å²) in [6, 6.07) is 10.7. The Labute approximate surface area is 117 Å². The third-order valence-corrected chi connectivity index (χ3v) is 3.56. The molecule has 1 N–H and O–H groups in total. The van der Waals surface area contributed by atoms with Crippen LogP contribution in [0.3, 0.4) is 0 Å². The van der Waals surface area contributed by atoms with Gasteiger partial charge in [-0.15, -0.1) is 0 Å². The Morgan fingerprint density at radius 3 is 2.80 bits per heavy atom. The van der Waals surface area contributed by atoms with Crippen molar-refractivity contribution in [2.24, 2.45) is 0 Å². The van der Waals surface area contributed by atoms with Gasteiger partial charge in [0.05, 0.1) is 10.2 Å². The Bertz CT molecular complexity index is 767. The number of thiazole rings is 1. The SMILES string of the molecule is O=C(O)c1ccc(F)cc1Oc1nc2ccccc2s1. The number of nitrogens with zero attached hydrogens (tertiary/aromatic N) is 1. The Morgan fingerprint density at radius 1 is 1.25 bits per heavy atom. The highest BCUT2D eigenvalue weighted by molar-refractivity contribution is 7.20. The molecule has 0 atom stereocenters. The lowest BCUT2D eigenvalue weighted by atomic mass is 10.2. The Kier molecular flexibility index (Phi) is 3.08. The Morgan fingerprint density at radius 2 is 2.05 bits per heavy atom. The van der Waals surface area contributed by atoms with Crippen LogP contribution >= 0.6 is 11.3 Å². The molecule has 100 valence electrons. The maximum atomic E-state index is 13.2. The molecule has 1 heterocycles. The summed E-state index contributed by atoms with van der Waals surface area (Å²) in [5.41, 5.74) is 0.645. The van der Waals surface area contributed by atoms with Crippen molar-refractivity contribution in [3.8, 4) is 10.9 Å². The molecule has 2 aromatic carbocycles. The number of ether oxygens (including phenoxy) is 1. The highest BCUT2D eigenvalue weighted by Crippen LogP contribution is 2.32. The van der Waals surface area contributed by atoms with Crippen molar-refractivity contribution in [3.63, 3.8) is 0 Å². The van der Waals surface area contributed by atoms with Gasteiger partial charge >= 0.3 is 5.97 Å². The van der Waals surface area contributed by atoms with Crippen LogP contribution in [0.15, 0.2) is 42.5 Å². The van der Waals surface area contributed by atoms with Crippen LogP contribution in [0.4, 0.5) is 4.39 Å². The van der Waals surface area contributed by atoms with E-state index >= 15 is 0 Å². The second-order valence-electron chi connectivity index (χ2n) is 4.00. The van der Waals surface area contributed by atoms with Crippen molar-refractivity contribution in [1.29, 1.82) is 0 Å². The minimum atomic E-state index is -1.18. The molecular formula is C14H8FNO3S. The van der Waals surface area contributed by atoms with E-state index in [0.29, 0.717) is 0 Å². The zero-order valence-corrected chi connectivity index (χ0v) is 10.9. The van der Waals surface area contributed by atoms with Crippen LogP contribution in [0, 0.1) is 5.82 Å². The van der Waals surface area contributed by atoms with E-state index in [1.165, 1.54) is 17.4 Å². The van der Waals surface area contributed by atoms with E-state index < -0.39 is 11.8 Å². The second-order valence-corrected chi connectivity index (χ2v) is 4.99. The molecule has 0 fully saturated rings. The molecule has 0 spiro atoms. The van der Waals surface area contributed by atoms with Gasteiger partial charge in [0, 0.05) is 6.07 Å². The van der Waals surface area contributed by atoms with E-state index in [0.717, 1.165) is 22.3 Å². The van der Waals surface area contributed by atoms with E-state index in [4.69, 9.17) is 9.84 Å². The monoisotopic (exact) mass is 289 g/mol. The lowest BCUT2D eigenvalue weighted by Crippen LogP contribution is -2.00. The first-order valence-corrected chi connectivity index (χ1v) is 6.51. The summed E-state index contributed by atoms with van der Waals surface area (Å²) in [7, 11) is 0. The zero-order chi connectivity index (χ0) is 14.1. The number of benzene rings is 2. The van der Waals surface area contributed by atoms with Gasteiger partial charge in [-0.1, -0.05) is 23.5 Å². The highest BCUT2D eigenvalue weighted by atomic mass is 32.1. The molecule has 0 radical (unpaired) electrons. The predicted octanol–water partition coefficient (Wildman–Crippen LogP) is 3.93. The van der Waals surface area contributed by atoms with Crippen molar-refractivity contribution in [2.75, 3.05) is 0 Å². The lowest BCUT2D eigenvalue weighted by Gasteiger charge is -2.05. The fourth-order valence-electron chi connectivity index (χ4n) is 1.75. The number of aromatic carboxylic acids is 1. The average molecular weight is 289 g/mol. The van der Waals surface area contributed by atoms with Crippen LogP contribution in [0.2, 0.25) is 0 Å². The summed E-state index contributed by atoms with van der Waals surface area (Å²) in [5.74, 6) is -1.80. The molecule has 0 bridgehead atoms. The van der Waals surface area contributed by atoms with Crippen LogP contribution in [0.5, 0.6) is 10.9 Å². The number of carboxylic acid groups (broad SMARTS) is 1. The van der Waals surface area contributed by atoms with Crippen LogP contribution < -0.4 is 4.74 Å². The van der Waals surface area contributed by atoms with Gasteiger partial charge in [-0.2, -0.15) is 0 Å². The number of aromatic nitrogens is 1. The second kappa shape index (κ2) is 4.90. The topological polar surface area (TPSA) is 59.4 Å². The maximum absolute atomic E-state index is 13.2. The van der Waals surface area contributed by atoms with E-state index in [2.05, 4.69) is 4.98 Å². The number of hydrogen-bond acceptors (Lipinski definition) is 4. The van der Waals surface area contributed by atoms with Crippen LogP contribution in [0.1, 0.15) is 10.4 Å². The van der Waals surface area contributed by atoms with Gasteiger partial charge in [0.1, 0.15) is 17.1 Å². The highest BCUT2D eigenvalue weighted by Gasteiger charge is 2.15. The molecule has 6 heteroatoms. The fraction of sp³-hybridized carbons (Fsp3) is 0. The molecule has 1 aromatic heterocycles. The molecule has 0 saturated heterocycles. The average Bonchev–Trinajstić information content (AvgIpc) is 2.80. The number of carboxylic acids is 1. The summed E-state index contributed by atoms with van der Waals surface area (Å²) in [6.07, 6.45) is 0. The lowest BCUT2D eigenvalue weighted by molar-refractivity contribution is 0.0694. The third kappa shape index (κ3) is 2.33. The quantitative estimate of drug-likeness (QED) is 0.793. The zero-order valence-electron chi connectivity index (χ0n) is 10.0. The van der Waals surface area contributed by atoms with Gasteiger partial charge in [0.15, 0.2) is 0 Å². The largest absolute Gasteiger partial charge is 0.478 e. The maximum Gasteiger partial charge on any atom is 0.339 e. The number of carbonyl (C=O) groups is 1. The van der Waals surface area contributed by atoms with E-state index in [9.17, 15) is 9.18 Å². The molecule has 0 aliphatic carbocycles. The molecule has 20 heavy (non-hydrogen) atoms. The minimum absolute atomic E-state index is 0.0587. The van der Waals surface area contributed by atoms with Gasteiger partial charge in [-0.05, 0) is 24.3 Å². The third-order valence-electron chi connectivity index (χ3n) is 2.65. The molecule has 0 saturated carbocycles. The van der Waals surface area contributed by atoms with Crippen LogP contribution in [-0.2, 0) is 0 Å². The van der Waals surface area contributed by atoms with E-state index in [1.807, 2.05) is 24.3 Å². The van der Waals surface area contributed by atoms with Gasteiger partial charge in [0.25, 0.3) is 5.19 Å². The van der Waals surface area contributed by atoms with Gasteiger partial charge < -0.3 is 9.84 Å². The van der Waals surface area contributed by atoms with Gasteiger partial charge in [-0.3, -0.25) is 0 Å². The Balaban J connectivity index is 2.01. The molecule has 0 unspecified atom stereocenters. The summed E-state index contributed by atoms with van der Waals surface area (Å²) < 4.78 is 19.6.